The van der Waals surface area contributed by atoms with Crippen LogP contribution in [0.1, 0.15) is 127 Å². The number of esters is 1. The van der Waals surface area contributed by atoms with Gasteiger partial charge in [0.1, 0.15) is 60.7 Å². The largest absolute Gasteiger partial charge is 0.496 e. The zero-order valence-corrected chi connectivity index (χ0v) is 55.0. The Balaban J connectivity index is 0.925. The van der Waals surface area contributed by atoms with Gasteiger partial charge in [0, 0.05) is 91.0 Å². The normalized spacial score (nSPS) is 26.5. The highest BCUT2D eigenvalue weighted by Gasteiger charge is 2.64. The Morgan fingerprint density at radius 3 is 2.37 bits per heavy atom. The maximum Gasteiger partial charge on any atom is 0.412 e. The molecule has 26 nitrogen and oxygen atoms in total. The van der Waals surface area contributed by atoms with Gasteiger partial charge in [-0.3, -0.25) is 34.6 Å². The number of epoxide rings is 1. The number of carbonyl (C=O) groups is 10. The van der Waals surface area contributed by atoms with Crippen LogP contribution >= 0.6 is 11.8 Å². The molecule has 502 valence electrons. The summed E-state index contributed by atoms with van der Waals surface area (Å²) in [6.07, 6.45) is 6.74. The van der Waals surface area contributed by atoms with Crippen LogP contribution in [0.5, 0.6) is 5.75 Å². The Bertz CT molecular complexity index is 3180. The van der Waals surface area contributed by atoms with Crippen LogP contribution in [-0.4, -0.2) is 192 Å². The van der Waals surface area contributed by atoms with Crippen molar-refractivity contribution in [3.63, 3.8) is 0 Å². The standard InChI is InChI=1S/C65H87N7O19S/c1-38-18-17-21-52(85-11)65(83)35-51(88-61(80)68-65)41(4)58-64(6,90-58)53(34-49(73)39(2)46-31-44(30-38)33-50(84-10)40(46)3)89-59(78)42(5)71(9)54(74)26-29-92-63(82)70(8)28-27-69(7)62(81)86-37-43-22-23-47(67-60(79)87-45-19-15-13-12-14-16-20-45)48(32-43)66-36-57(77)91-72-55(75)24-25-56(72)76/h15,17-19,21-23,31-33,39,41-42,45,51-53,58,66,83H,12-14,16,20,24-30,34-37H2,1-11H3,(H,67,79)(H,68,80)/b19-15+,21-17+,38-18+/t39?,41-,42+,45?,51+,52?,53+,58+,64+,65?/m1/s1. The van der Waals surface area contributed by atoms with Crippen molar-refractivity contribution in [2.45, 2.75) is 173 Å². The van der Waals surface area contributed by atoms with E-state index in [1.54, 1.807) is 46.1 Å². The number of thioether (sulfide) groups is 1. The first-order chi connectivity index (χ1) is 43.6. The molecule has 2 aromatic carbocycles. The molecule has 3 fully saturated rings. The summed E-state index contributed by atoms with van der Waals surface area (Å²) in [6.45, 7) is 9.92. The Morgan fingerprint density at radius 2 is 1.65 bits per heavy atom. The number of imide groups is 1. The number of benzene rings is 2. The molecule has 2 aliphatic carbocycles. The zero-order valence-electron chi connectivity index (χ0n) is 54.2. The molecule has 92 heavy (non-hydrogen) atoms. The summed E-state index contributed by atoms with van der Waals surface area (Å²) in [7, 11) is 7.42. The molecule has 3 saturated heterocycles. The lowest BCUT2D eigenvalue weighted by molar-refractivity contribution is -0.196. The molecule has 7 rings (SSSR count). The monoisotopic (exact) mass is 1300 g/mol. The number of likely N-dealkylation sites (N-methyl/N-ethyl adjacent to an activating group) is 3. The number of carbonyl (C=O) groups excluding carboxylic acids is 10. The summed E-state index contributed by atoms with van der Waals surface area (Å²) >= 11 is 0.865. The minimum Gasteiger partial charge on any atom is -0.496 e. The summed E-state index contributed by atoms with van der Waals surface area (Å²) in [6, 6.07) is 7.34. The highest BCUT2D eigenvalue weighted by atomic mass is 32.2. The average Bonchev–Trinajstić information content (AvgIpc) is 1.57. The Morgan fingerprint density at radius 1 is 0.924 bits per heavy atom. The molecule has 0 spiro atoms. The summed E-state index contributed by atoms with van der Waals surface area (Å²) in [4.78, 5) is 141. The van der Waals surface area contributed by atoms with E-state index in [1.165, 1.54) is 62.0 Å². The van der Waals surface area contributed by atoms with Crippen LogP contribution in [0.3, 0.4) is 0 Å². The van der Waals surface area contributed by atoms with Crippen LogP contribution < -0.4 is 20.7 Å². The topological polar surface area (TPSA) is 317 Å². The van der Waals surface area contributed by atoms with Crippen molar-refractivity contribution in [3.8, 4) is 5.75 Å². The number of hydrogen-bond acceptors (Lipinski definition) is 21. The fourth-order valence-electron chi connectivity index (χ4n) is 11.4. The van der Waals surface area contributed by atoms with Crippen LogP contribution in [0.2, 0.25) is 0 Å². The van der Waals surface area contributed by atoms with Crippen molar-refractivity contribution in [2.75, 3.05) is 71.4 Å². The summed E-state index contributed by atoms with van der Waals surface area (Å²) < 4.78 is 41.0. The maximum absolute atomic E-state index is 14.6. The Labute approximate surface area is 540 Å². The van der Waals surface area contributed by atoms with Gasteiger partial charge in [-0.05, 0) is 106 Å². The molecule has 10 atom stereocenters. The molecule has 0 saturated carbocycles. The third-order valence-electron chi connectivity index (χ3n) is 17.4. The third kappa shape index (κ3) is 18.6. The van der Waals surface area contributed by atoms with Crippen LogP contribution in [-0.2, 0) is 75.1 Å². The van der Waals surface area contributed by atoms with Crippen molar-refractivity contribution in [3.05, 3.63) is 88.5 Å². The van der Waals surface area contributed by atoms with Crippen molar-refractivity contribution in [1.29, 1.82) is 0 Å². The first kappa shape index (κ1) is 71.4. The van der Waals surface area contributed by atoms with Gasteiger partial charge in [-0.2, -0.15) is 0 Å². The third-order valence-corrected chi connectivity index (χ3v) is 18.3. The summed E-state index contributed by atoms with van der Waals surface area (Å²) in [5.74, 6) is -4.49. The minimum atomic E-state index is -1.89. The molecule has 3 heterocycles. The number of methoxy groups -OCH3 is 2. The van der Waals surface area contributed by atoms with Crippen LogP contribution in [0.4, 0.5) is 30.6 Å². The minimum absolute atomic E-state index is 0.0364. The lowest BCUT2D eigenvalue weighted by Crippen LogP contribution is -2.63. The number of ether oxygens (including phenoxy) is 7. The second kappa shape index (κ2) is 32.0. The van der Waals surface area contributed by atoms with Crippen molar-refractivity contribution >= 4 is 82.1 Å². The molecule has 4 N–H and O–H groups in total. The molecule has 27 heteroatoms. The van der Waals surface area contributed by atoms with E-state index in [0.29, 0.717) is 29.2 Å². The number of nitrogens with zero attached hydrogens (tertiary/aromatic N) is 4. The average molecular weight is 1300 g/mol. The van der Waals surface area contributed by atoms with Gasteiger partial charge in [0.05, 0.1) is 24.6 Å². The van der Waals surface area contributed by atoms with Crippen molar-refractivity contribution in [2.24, 2.45) is 5.92 Å². The number of hydrogen-bond donors (Lipinski definition) is 4. The van der Waals surface area contributed by atoms with E-state index in [0.717, 1.165) is 59.7 Å². The summed E-state index contributed by atoms with van der Waals surface area (Å²) in [5.41, 5.74) is 0.984. The van der Waals surface area contributed by atoms with E-state index < -0.39 is 119 Å². The number of nitrogens with one attached hydrogen (secondary N) is 3. The Hall–Kier alpha value is -8.01. The number of ketones is 1. The number of hydroxylamine groups is 2. The molecule has 4 unspecified atom stereocenters. The van der Waals surface area contributed by atoms with E-state index in [9.17, 15) is 53.1 Å². The number of fused-ring (bicyclic) bond motifs is 5. The van der Waals surface area contributed by atoms with Crippen molar-refractivity contribution in [1.82, 2.24) is 25.1 Å². The number of amides is 7. The van der Waals surface area contributed by atoms with Crippen LogP contribution in [0, 0.1) is 12.8 Å². The van der Waals surface area contributed by atoms with E-state index in [-0.39, 0.29) is 74.7 Å². The van der Waals surface area contributed by atoms with Gasteiger partial charge in [-0.1, -0.05) is 74.0 Å². The predicted molar refractivity (Wildman–Crippen MR) is 337 cm³/mol. The smallest absolute Gasteiger partial charge is 0.412 e. The SMILES string of the molecule is COc1cc2cc(c1C)C(C)C(=O)C[C@H](OC(=O)[C@H](C)N(C)C(=O)CCSC(=O)N(C)CCN(C)C(=O)OCc1ccc(NC(=O)OC3/C=C/CCCCC3)c(NCC(=O)ON3C(=O)CCC3=O)c1)[C@]1(C)O[C@H]1[C@H](C)[C@@H]1CC(O)(NC(=O)O1)C(OC)/C=C/C=C(\C)C2. The first-order valence-corrected chi connectivity index (χ1v) is 31.9. The summed E-state index contributed by atoms with van der Waals surface area (Å²) in [5, 5.41) is 20.0. The fourth-order valence-corrected chi connectivity index (χ4v) is 12.1. The number of alkyl carbamates (subject to hydrolysis) is 1. The number of aliphatic hydroxyl groups is 1. The maximum atomic E-state index is 14.6. The van der Waals surface area contributed by atoms with Gasteiger partial charge in [-0.15, -0.1) is 5.06 Å². The fraction of sp³-hybridized carbons (Fsp3) is 0.569. The molecule has 7 amide bonds. The first-order valence-electron chi connectivity index (χ1n) is 30.9. The van der Waals surface area contributed by atoms with Gasteiger partial charge in [0.15, 0.2) is 5.72 Å². The Kier molecular flexibility index (Phi) is 24.9. The van der Waals surface area contributed by atoms with Gasteiger partial charge < -0.3 is 63.1 Å². The van der Waals surface area contributed by atoms with Crippen LogP contribution in [0.25, 0.3) is 0 Å². The van der Waals surface area contributed by atoms with Crippen molar-refractivity contribution < 1.29 is 91.0 Å². The van der Waals surface area contributed by atoms with Gasteiger partial charge in [0.25, 0.3) is 17.1 Å². The molecule has 0 aromatic heterocycles. The number of anilines is 2. The number of allylic oxidation sites excluding steroid dienone is 4. The highest BCUT2D eigenvalue weighted by Crippen LogP contribution is 2.49. The second-order valence-electron chi connectivity index (χ2n) is 24.2. The number of Topliss-reactive ketones (excluding diaryl/α,β-unsaturated/α-hetero) is 1. The molecule has 5 aliphatic rings. The lowest BCUT2D eigenvalue weighted by Gasteiger charge is -2.42. The highest BCUT2D eigenvalue weighted by molar-refractivity contribution is 8.13. The van der Waals surface area contributed by atoms with E-state index >= 15 is 0 Å². The van der Waals surface area contributed by atoms with Gasteiger partial charge in [-0.25, -0.2) is 24.0 Å². The predicted octanol–water partition coefficient (Wildman–Crippen LogP) is 7.78. The second-order valence-corrected chi connectivity index (χ2v) is 25.2. The lowest BCUT2D eigenvalue weighted by atomic mass is 9.82. The molecule has 4 bridgehead atoms. The molecule has 0 radical (unpaired) electrons. The van der Waals surface area contributed by atoms with E-state index in [1.807, 2.05) is 44.2 Å². The molecule has 2 aromatic rings. The van der Waals surface area contributed by atoms with Gasteiger partial charge in [0.2, 0.25) is 5.91 Å². The number of rotatable bonds is 19. The zero-order chi connectivity index (χ0) is 67.2. The van der Waals surface area contributed by atoms with Crippen LogP contribution in [0.15, 0.2) is 66.3 Å². The molecular formula is C65H87N7O19S. The van der Waals surface area contributed by atoms with E-state index in [2.05, 4.69) is 16.0 Å². The van der Waals surface area contributed by atoms with Gasteiger partial charge >= 0.3 is 30.2 Å². The quantitative estimate of drug-likeness (QED) is 0.0343. The molecule has 3 aliphatic heterocycles. The van der Waals surface area contributed by atoms with E-state index in [4.69, 9.17) is 38.0 Å². The molecular weight excluding hydrogens is 1210 g/mol.